The highest BCUT2D eigenvalue weighted by Crippen LogP contribution is 2.67. The number of hydrogen-bond acceptors (Lipinski definition) is 3. The summed E-state index contributed by atoms with van der Waals surface area (Å²) >= 11 is 7.41. The smallest absolute Gasteiger partial charge is 0.0878 e. The van der Waals surface area contributed by atoms with E-state index < -0.39 is 10.5 Å². The Morgan fingerprint density at radius 3 is 2.87 bits per heavy atom. The van der Waals surface area contributed by atoms with E-state index in [1.54, 1.807) is 0 Å². The third-order valence-corrected chi connectivity index (χ3v) is 10.4. The molecule has 4 aliphatic rings. The number of alkyl halides is 1. The van der Waals surface area contributed by atoms with Gasteiger partial charge in [-0.1, -0.05) is 19.1 Å². The van der Waals surface area contributed by atoms with Crippen molar-refractivity contribution in [2.75, 3.05) is 0 Å². The first-order valence-electron chi connectivity index (χ1n) is 12.1. The second kappa shape index (κ2) is 6.82. The van der Waals surface area contributed by atoms with Crippen LogP contribution in [0.3, 0.4) is 0 Å². The van der Waals surface area contributed by atoms with Crippen molar-refractivity contribution in [2.45, 2.75) is 81.3 Å². The van der Waals surface area contributed by atoms with Crippen LogP contribution in [0.5, 0.6) is 0 Å². The highest BCUT2D eigenvalue weighted by Gasteiger charge is 2.65. The van der Waals surface area contributed by atoms with Gasteiger partial charge in [-0.2, -0.15) is 5.10 Å². The molecule has 4 nitrogen and oxygen atoms in total. The molecule has 6 unspecified atom stereocenters. The summed E-state index contributed by atoms with van der Waals surface area (Å²) in [7, 11) is 0. The number of aliphatic hydroxyl groups is 2. The number of hydrogen-bond donors (Lipinski definition) is 3. The summed E-state index contributed by atoms with van der Waals surface area (Å²) in [5.41, 5.74) is 2.74. The maximum Gasteiger partial charge on any atom is 0.0878 e. The van der Waals surface area contributed by atoms with Crippen molar-refractivity contribution in [1.29, 1.82) is 0 Å². The first kappa shape index (κ1) is 20.3. The molecule has 4 aliphatic carbocycles. The Labute approximate surface area is 189 Å². The van der Waals surface area contributed by atoms with E-state index in [2.05, 4.69) is 41.4 Å². The van der Waals surface area contributed by atoms with Crippen LogP contribution in [0.1, 0.15) is 70.3 Å². The normalized spacial score (nSPS) is 44.8. The minimum Gasteiger partial charge on any atom is -0.393 e. The number of H-pyrrole nitrogens is 1. The number of fused-ring (bicyclic) bond motifs is 5. The fraction of sp³-hybridized carbons (Fsp3) is 0.654. The Balaban J connectivity index is 1.35. The highest BCUT2D eigenvalue weighted by atomic mass is 35.5. The van der Waals surface area contributed by atoms with Crippen LogP contribution < -0.4 is 0 Å². The quantitative estimate of drug-likeness (QED) is 0.517. The minimum absolute atomic E-state index is 0.0699. The van der Waals surface area contributed by atoms with Crippen LogP contribution in [0.25, 0.3) is 16.5 Å². The molecule has 1 heterocycles. The van der Waals surface area contributed by atoms with Crippen LogP contribution >= 0.6 is 11.6 Å². The number of benzene rings is 1. The molecule has 3 N–H and O–H groups in total. The maximum absolute atomic E-state index is 12.3. The zero-order valence-electron chi connectivity index (χ0n) is 18.3. The highest BCUT2D eigenvalue weighted by molar-refractivity contribution is 6.25. The number of allylic oxidation sites excluding steroid dienone is 2. The molecular formula is C26H33ClN2O2. The molecular weight excluding hydrogens is 408 g/mol. The van der Waals surface area contributed by atoms with Gasteiger partial charge in [0.1, 0.15) is 0 Å². The van der Waals surface area contributed by atoms with E-state index in [4.69, 9.17) is 11.6 Å². The van der Waals surface area contributed by atoms with Gasteiger partial charge in [0, 0.05) is 11.3 Å². The van der Waals surface area contributed by atoms with Gasteiger partial charge in [-0.05, 0) is 98.3 Å². The molecule has 0 saturated heterocycles. The van der Waals surface area contributed by atoms with Crippen LogP contribution in [0.15, 0.2) is 30.5 Å². The van der Waals surface area contributed by atoms with E-state index in [-0.39, 0.29) is 17.4 Å². The molecule has 3 saturated carbocycles. The lowest BCUT2D eigenvalue weighted by molar-refractivity contribution is -0.118. The molecule has 0 amide bonds. The average molecular weight is 441 g/mol. The van der Waals surface area contributed by atoms with Gasteiger partial charge >= 0.3 is 0 Å². The molecule has 0 radical (unpaired) electrons. The molecule has 166 valence electrons. The molecule has 5 heteroatoms. The van der Waals surface area contributed by atoms with Crippen molar-refractivity contribution in [1.82, 2.24) is 10.2 Å². The predicted molar refractivity (Wildman–Crippen MR) is 124 cm³/mol. The number of nitrogens with zero attached hydrogens (tertiary/aromatic N) is 1. The summed E-state index contributed by atoms with van der Waals surface area (Å²) in [5, 5.41) is 31.0. The van der Waals surface area contributed by atoms with Crippen molar-refractivity contribution in [2.24, 2.45) is 23.2 Å². The molecule has 0 spiro atoms. The summed E-state index contributed by atoms with van der Waals surface area (Å²) in [6.45, 7) is 2.35. The van der Waals surface area contributed by atoms with Gasteiger partial charge < -0.3 is 10.2 Å². The maximum atomic E-state index is 12.3. The van der Waals surface area contributed by atoms with Crippen molar-refractivity contribution in [3.63, 3.8) is 0 Å². The van der Waals surface area contributed by atoms with Gasteiger partial charge in [0.15, 0.2) is 0 Å². The summed E-state index contributed by atoms with van der Waals surface area (Å²) in [5.74, 6) is 1.18. The first-order chi connectivity index (χ1) is 14.8. The van der Waals surface area contributed by atoms with E-state index in [0.717, 1.165) is 68.7 Å². The fourth-order valence-electron chi connectivity index (χ4n) is 7.92. The Morgan fingerprint density at radius 2 is 2.00 bits per heavy atom. The van der Waals surface area contributed by atoms with Crippen LogP contribution in [0.2, 0.25) is 0 Å². The number of aromatic nitrogens is 2. The molecule has 3 fully saturated rings. The van der Waals surface area contributed by atoms with Gasteiger partial charge in [0.25, 0.3) is 0 Å². The minimum atomic E-state index is -0.859. The van der Waals surface area contributed by atoms with Crippen LogP contribution in [0.4, 0.5) is 0 Å². The Kier molecular flexibility index (Phi) is 4.46. The molecule has 6 rings (SSSR count). The van der Waals surface area contributed by atoms with E-state index in [0.29, 0.717) is 11.8 Å². The summed E-state index contributed by atoms with van der Waals surface area (Å²) in [4.78, 5) is -0.578. The molecule has 1 aromatic heterocycles. The van der Waals surface area contributed by atoms with Crippen molar-refractivity contribution in [3.05, 3.63) is 36.0 Å². The van der Waals surface area contributed by atoms with E-state index in [1.165, 1.54) is 11.1 Å². The van der Waals surface area contributed by atoms with E-state index in [9.17, 15) is 10.2 Å². The van der Waals surface area contributed by atoms with Crippen LogP contribution in [-0.2, 0) is 0 Å². The standard InChI is InChI=1S/C26H33ClN2O2/c1-24-10-11-25(27)14-18-13-20(30)4-2-16(18)8-9-26(25,31)23(24)7-5-21(24)17-3-6-22-19(12-17)15-28-29-22/h3,5-6,12,15-16,18,20,23,30-31H,2,4,7-11,13-14H2,1H3,(H,28,29)/t16?,18?,20?,23?,24?,25?,26-/m0/s1. The topological polar surface area (TPSA) is 69.1 Å². The van der Waals surface area contributed by atoms with Gasteiger partial charge in [0.05, 0.1) is 28.3 Å². The van der Waals surface area contributed by atoms with Crippen LogP contribution in [0, 0.1) is 23.2 Å². The summed E-state index contributed by atoms with van der Waals surface area (Å²) < 4.78 is 0. The molecule has 31 heavy (non-hydrogen) atoms. The van der Waals surface area contributed by atoms with Crippen molar-refractivity contribution >= 4 is 28.1 Å². The lowest BCUT2D eigenvalue weighted by atomic mass is 9.53. The largest absolute Gasteiger partial charge is 0.393 e. The molecule has 1 aromatic carbocycles. The Bertz CT molecular complexity index is 1050. The SMILES string of the molecule is CC12CCC3(Cl)CC4CC(O)CCC4CC[C@]3(O)C1CC=C2c1ccc2[nH]ncc2c1. The predicted octanol–water partition coefficient (Wildman–Crippen LogP) is 5.44. The number of aromatic amines is 1. The number of rotatable bonds is 1. The van der Waals surface area contributed by atoms with Gasteiger partial charge in [-0.3, -0.25) is 5.10 Å². The Hall–Kier alpha value is -1.36. The molecule has 2 aromatic rings. The van der Waals surface area contributed by atoms with Crippen molar-refractivity contribution < 1.29 is 10.2 Å². The van der Waals surface area contributed by atoms with Crippen LogP contribution in [-0.4, -0.2) is 37.0 Å². The lowest BCUT2D eigenvalue weighted by Crippen LogP contribution is -2.62. The van der Waals surface area contributed by atoms with E-state index in [1.807, 2.05) is 6.20 Å². The lowest BCUT2D eigenvalue weighted by Gasteiger charge is -2.57. The monoisotopic (exact) mass is 440 g/mol. The zero-order valence-corrected chi connectivity index (χ0v) is 19.0. The molecule has 7 atom stereocenters. The second-order valence-electron chi connectivity index (χ2n) is 11.1. The third-order valence-electron chi connectivity index (χ3n) is 9.68. The third kappa shape index (κ3) is 2.84. The van der Waals surface area contributed by atoms with E-state index >= 15 is 0 Å². The average Bonchev–Trinajstić information content (AvgIpc) is 3.32. The molecule has 0 bridgehead atoms. The number of halogens is 1. The van der Waals surface area contributed by atoms with Gasteiger partial charge in [-0.15, -0.1) is 11.6 Å². The molecule has 0 aliphatic heterocycles. The Morgan fingerprint density at radius 1 is 1.13 bits per heavy atom. The summed E-state index contributed by atoms with van der Waals surface area (Å²) in [6, 6.07) is 6.53. The zero-order chi connectivity index (χ0) is 21.4. The summed E-state index contributed by atoms with van der Waals surface area (Å²) in [6.07, 6.45) is 12.3. The van der Waals surface area contributed by atoms with Gasteiger partial charge in [0.2, 0.25) is 0 Å². The first-order valence-corrected chi connectivity index (χ1v) is 12.4. The number of nitrogens with one attached hydrogen (secondary N) is 1. The number of aliphatic hydroxyl groups excluding tert-OH is 1. The second-order valence-corrected chi connectivity index (χ2v) is 11.8. The van der Waals surface area contributed by atoms with Gasteiger partial charge in [-0.25, -0.2) is 0 Å². The fourth-order valence-corrected chi connectivity index (χ4v) is 8.44. The van der Waals surface area contributed by atoms with Crippen molar-refractivity contribution in [3.8, 4) is 0 Å².